The van der Waals surface area contributed by atoms with E-state index in [0.29, 0.717) is 12.0 Å². The van der Waals surface area contributed by atoms with Crippen molar-refractivity contribution in [2.45, 2.75) is 31.3 Å². The summed E-state index contributed by atoms with van der Waals surface area (Å²) in [5.74, 6) is 1.31. The van der Waals surface area contributed by atoms with Crippen LogP contribution in [0.5, 0.6) is 5.75 Å². The second kappa shape index (κ2) is 7.96. The van der Waals surface area contributed by atoms with Gasteiger partial charge in [-0.3, -0.25) is 9.88 Å². The Morgan fingerprint density at radius 3 is 2.67 bits per heavy atom. The van der Waals surface area contributed by atoms with E-state index in [1.165, 1.54) is 5.56 Å². The van der Waals surface area contributed by atoms with Crippen LogP contribution in [0.2, 0.25) is 0 Å². The number of amides is 2. The van der Waals surface area contributed by atoms with E-state index in [1.807, 2.05) is 36.5 Å². The average Bonchev–Trinajstić information content (AvgIpc) is 2.72. The highest BCUT2D eigenvalue weighted by Crippen LogP contribution is 2.34. The van der Waals surface area contributed by atoms with Crippen molar-refractivity contribution in [1.82, 2.24) is 15.2 Å². The highest BCUT2D eigenvalue weighted by molar-refractivity contribution is 5.89. The van der Waals surface area contributed by atoms with E-state index in [4.69, 9.17) is 4.74 Å². The molecule has 6 nitrogen and oxygen atoms in total. The molecule has 2 amide bonds. The normalized spacial score (nSPS) is 26.4. The number of ether oxygens (including phenoxy) is 1. The monoisotopic (exact) mass is 366 g/mol. The fourth-order valence-electron chi connectivity index (χ4n) is 4.37. The summed E-state index contributed by atoms with van der Waals surface area (Å²) in [5.41, 5.74) is 1.98. The molecular formula is C21H26N4O2. The fraction of sp³-hybridized carbons (Fsp3) is 0.429. The quantitative estimate of drug-likeness (QED) is 0.854. The Morgan fingerprint density at radius 2 is 2.00 bits per heavy atom. The van der Waals surface area contributed by atoms with Crippen LogP contribution in [-0.2, 0) is 6.42 Å². The second-order valence-corrected chi connectivity index (χ2v) is 7.36. The van der Waals surface area contributed by atoms with Crippen LogP contribution >= 0.6 is 0 Å². The van der Waals surface area contributed by atoms with Gasteiger partial charge in [0.05, 0.1) is 7.11 Å². The van der Waals surface area contributed by atoms with Crippen molar-refractivity contribution in [3.05, 3.63) is 54.4 Å². The lowest BCUT2D eigenvalue weighted by atomic mass is 9.77. The number of hydrogen-bond donors (Lipinski definition) is 2. The minimum atomic E-state index is -0.143. The summed E-state index contributed by atoms with van der Waals surface area (Å²) in [7, 11) is 1.63. The van der Waals surface area contributed by atoms with E-state index < -0.39 is 0 Å². The van der Waals surface area contributed by atoms with Crippen molar-refractivity contribution in [3.63, 3.8) is 0 Å². The van der Waals surface area contributed by atoms with Crippen LogP contribution in [0.1, 0.15) is 18.4 Å². The molecule has 0 unspecified atom stereocenters. The first kappa shape index (κ1) is 17.8. The topological polar surface area (TPSA) is 66.5 Å². The number of carbonyl (C=O) groups excluding carboxylic acids is 1. The van der Waals surface area contributed by atoms with Crippen LogP contribution in [0.4, 0.5) is 10.5 Å². The molecule has 1 aromatic carbocycles. The van der Waals surface area contributed by atoms with Crippen molar-refractivity contribution in [3.8, 4) is 5.75 Å². The molecule has 3 aliphatic rings. The number of fused-ring (bicyclic) bond motifs is 3. The Hall–Kier alpha value is -2.60. The lowest BCUT2D eigenvalue weighted by Crippen LogP contribution is -2.64. The lowest BCUT2D eigenvalue weighted by Gasteiger charge is -2.51. The van der Waals surface area contributed by atoms with Gasteiger partial charge in [0, 0.05) is 30.2 Å². The largest absolute Gasteiger partial charge is 0.497 e. The Labute approximate surface area is 159 Å². The maximum absolute atomic E-state index is 12.6. The number of carbonyl (C=O) groups is 1. The Balaban J connectivity index is 1.43. The maximum atomic E-state index is 12.6. The van der Waals surface area contributed by atoms with E-state index in [-0.39, 0.29) is 12.1 Å². The van der Waals surface area contributed by atoms with Crippen LogP contribution < -0.4 is 15.4 Å². The molecule has 0 radical (unpaired) electrons. The summed E-state index contributed by atoms with van der Waals surface area (Å²) < 4.78 is 5.16. The third kappa shape index (κ3) is 4.06. The Bertz CT molecular complexity index is 758. The van der Waals surface area contributed by atoms with Gasteiger partial charge in [-0.1, -0.05) is 6.07 Å². The van der Waals surface area contributed by atoms with Crippen LogP contribution in [0.15, 0.2) is 48.8 Å². The molecule has 0 aliphatic carbocycles. The fourth-order valence-corrected chi connectivity index (χ4v) is 4.37. The molecule has 2 bridgehead atoms. The summed E-state index contributed by atoms with van der Waals surface area (Å²) >= 11 is 0. The van der Waals surface area contributed by atoms with Crippen molar-refractivity contribution in [1.29, 1.82) is 0 Å². The zero-order chi connectivity index (χ0) is 18.6. The van der Waals surface area contributed by atoms with Gasteiger partial charge in [0.1, 0.15) is 5.75 Å². The molecule has 4 heterocycles. The van der Waals surface area contributed by atoms with Gasteiger partial charge in [0.2, 0.25) is 0 Å². The third-order valence-corrected chi connectivity index (χ3v) is 5.78. The minimum absolute atomic E-state index is 0.143. The molecule has 2 atom stereocenters. The molecule has 6 heteroatoms. The molecule has 0 spiro atoms. The van der Waals surface area contributed by atoms with E-state index in [2.05, 4.69) is 26.6 Å². The molecule has 2 aromatic rings. The number of methoxy groups -OCH3 is 1. The molecular weight excluding hydrogens is 340 g/mol. The molecule has 1 aromatic heterocycles. The SMILES string of the molecule is COc1ccc(NC(=O)N[C@H]2C3CCN(CC3)[C@H]2Cc2cccnc2)cc1. The van der Waals surface area contributed by atoms with E-state index in [9.17, 15) is 4.79 Å². The smallest absolute Gasteiger partial charge is 0.319 e. The highest BCUT2D eigenvalue weighted by atomic mass is 16.5. The van der Waals surface area contributed by atoms with E-state index in [0.717, 1.165) is 43.8 Å². The van der Waals surface area contributed by atoms with Crippen molar-refractivity contribution >= 4 is 11.7 Å². The standard InChI is InChI=1S/C21H26N4O2/c1-27-18-6-4-17(5-7-18)23-21(26)24-20-16-8-11-25(12-9-16)19(20)13-15-3-2-10-22-14-15/h2-7,10,14,16,19-20H,8-9,11-13H2,1H3,(H2,23,24,26)/t19-,20-/m0/s1. The number of hydrogen-bond acceptors (Lipinski definition) is 4. The Morgan fingerprint density at radius 1 is 1.22 bits per heavy atom. The first-order valence-electron chi connectivity index (χ1n) is 9.57. The zero-order valence-electron chi connectivity index (χ0n) is 15.6. The molecule has 27 heavy (non-hydrogen) atoms. The summed E-state index contributed by atoms with van der Waals surface area (Å²) in [5, 5.41) is 6.20. The van der Waals surface area contributed by atoms with Gasteiger partial charge in [0.25, 0.3) is 0 Å². The van der Waals surface area contributed by atoms with Crippen LogP contribution in [0.3, 0.4) is 0 Å². The number of urea groups is 1. The van der Waals surface area contributed by atoms with E-state index in [1.54, 1.807) is 13.3 Å². The Kier molecular flexibility index (Phi) is 5.25. The molecule has 0 saturated carbocycles. The number of anilines is 1. The van der Waals surface area contributed by atoms with Crippen molar-refractivity contribution in [2.24, 2.45) is 5.92 Å². The average molecular weight is 366 g/mol. The first-order chi connectivity index (χ1) is 13.2. The highest BCUT2D eigenvalue weighted by Gasteiger charge is 2.42. The lowest BCUT2D eigenvalue weighted by molar-refractivity contribution is 0.0184. The molecule has 3 aliphatic heterocycles. The number of rotatable bonds is 5. The maximum Gasteiger partial charge on any atom is 0.319 e. The number of aromatic nitrogens is 1. The summed E-state index contributed by atoms with van der Waals surface area (Å²) in [4.78, 5) is 19.4. The van der Waals surface area contributed by atoms with Gasteiger partial charge in [-0.25, -0.2) is 4.79 Å². The summed E-state index contributed by atoms with van der Waals surface area (Å²) in [6, 6.07) is 11.8. The number of benzene rings is 1. The van der Waals surface area contributed by atoms with Gasteiger partial charge in [-0.2, -0.15) is 0 Å². The number of piperidine rings is 3. The molecule has 2 N–H and O–H groups in total. The van der Waals surface area contributed by atoms with Crippen molar-refractivity contribution in [2.75, 3.05) is 25.5 Å². The van der Waals surface area contributed by atoms with Gasteiger partial charge in [-0.05, 0) is 74.2 Å². The zero-order valence-corrected chi connectivity index (χ0v) is 15.6. The number of nitrogens with zero attached hydrogens (tertiary/aromatic N) is 2. The predicted molar refractivity (Wildman–Crippen MR) is 105 cm³/mol. The van der Waals surface area contributed by atoms with Crippen LogP contribution in [0.25, 0.3) is 0 Å². The number of nitrogens with one attached hydrogen (secondary N) is 2. The first-order valence-corrected chi connectivity index (χ1v) is 9.57. The van der Waals surface area contributed by atoms with Gasteiger partial charge < -0.3 is 15.4 Å². The summed E-state index contributed by atoms with van der Waals surface area (Å²) in [6.45, 7) is 2.24. The van der Waals surface area contributed by atoms with Gasteiger partial charge in [0.15, 0.2) is 0 Å². The molecule has 142 valence electrons. The van der Waals surface area contributed by atoms with Crippen LogP contribution in [0, 0.1) is 5.92 Å². The van der Waals surface area contributed by atoms with E-state index >= 15 is 0 Å². The molecule has 3 fully saturated rings. The molecule has 5 rings (SSSR count). The second-order valence-electron chi connectivity index (χ2n) is 7.36. The minimum Gasteiger partial charge on any atom is -0.497 e. The summed E-state index contributed by atoms with van der Waals surface area (Å²) in [6.07, 6.45) is 6.94. The van der Waals surface area contributed by atoms with Gasteiger partial charge in [-0.15, -0.1) is 0 Å². The number of pyridine rings is 1. The molecule has 3 saturated heterocycles. The van der Waals surface area contributed by atoms with Crippen LogP contribution in [-0.4, -0.2) is 48.2 Å². The third-order valence-electron chi connectivity index (χ3n) is 5.78. The van der Waals surface area contributed by atoms with Crippen molar-refractivity contribution < 1.29 is 9.53 Å². The predicted octanol–water partition coefficient (Wildman–Crippen LogP) is 2.92. The van der Waals surface area contributed by atoms with Gasteiger partial charge >= 0.3 is 6.03 Å².